The summed E-state index contributed by atoms with van der Waals surface area (Å²) in [5.41, 5.74) is 0.977. The number of ether oxygens (including phenoxy) is 1. The van der Waals surface area contributed by atoms with E-state index in [4.69, 9.17) is 4.74 Å². The van der Waals surface area contributed by atoms with Gasteiger partial charge in [-0.05, 0) is 53.6 Å². The number of amides is 4. The molecule has 4 rings (SSSR count). The summed E-state index contributed by atoms with van der Waals surface area (Å²) < 4.78 is 5.39. The van der Waals surface area contributed by atoms with Gasteiger partial charge in [-0.15, -0.1) is 0 Å². The van der Waals surface area contributed by atoms with E-state index in [1.165, 1.54) is 6.08 Å². The van der Waals surface area contributed by atoms with E-state index in [-0.39, 0.29) is 5.57 Å². The van der Waals surface area contributed by atoms with Gasteiger partial charge < -0.3 is 4.74 Å². The predicted octanol–water partition coefficient (Wildman–Crippen LogP) is 3.90. The van der Waals surface area contributed by atoms with Gasteiger partial charge in [0.05, 0.1) is 12.3 Å². The molecule has 6 heteroatoms. The summed E-state index contributed by atoms with van der Waals surface area (Å²) in [6.07, 6.45) is 1.52. The average molecular weight is 386 g/mol. The molecule has 1 N–H and O–H groups in total. The molecule has 6 nitrogen and oxygen atoms in total. The summed E-state index contributed by atoms with van der Waals surface area (Å²) >= 11 is 0. The molecule has 1 aliphatic heterocycles. The summed E-state index contributed by atoms with van der Waals surface area (Å²) in [5.74, 6) is -0.755. The van der Waals surface area contributed by atoms with Gasteiger partial charge in [-0.2, -0.15) is 0 Å². The second kappa shape index (κ2) is 7.59. The van der Waals surface area contributed by atoms with E-state index in [0.29, 0.717) is 18.0 Å². The van der Waals surface area contributed by atoms with Crippen LogP contribution in [0.2, 0.25) is 0 Å². The van der Waals surface area contributed by atoms with Crippen LogP contribution in [0.3, 0.4) is 0 Å². The second-order valence-electron chi connectivity index (χ2n) is 6.45. The fraction of sp³-hybridized carbons (Fsp3) is 0.0870. The van der Waals surface area contributed by atoms with Crippen molar-refractivity contribution >= 4 is 40.4 Å². The van der Waals surface area contributed by atoms with E-state index in [1.54, 1.807) is 24.3 Å². The van der Waals surface area contributed by atoms with E-state index in [2.05, 4.69) is 5.32 Å². The van der Waals surface area contributed by atoms with Crippen LogP contribution in [-0.4, -0.2) is 24.5 Å². The van der Waals surface area contributed by atoms with Gasteiger partial charge in [0.1, 0.15) is 11.3 Å². The zero-order chi connectivity index (χ0) is 20.4. The molecule has 0 aromatic heterocycles. The number of nitrogens with zero attached hydrogens (tertiary/aromatic N) is 1. The third-order valence-corrected chi connectivity index (χ3v) is 4.63. The fourth-order valence-electron chi connectivity index (χ4n) is 3.28. The lowest BCUT2D eigenvalue weighted by Gasteiger charge is -2.26. The van der Waals surface area contributed by atoms with Crippen LogP contribution < -0.4 is 15.0 Å². The highest BCUT2D eigenvalue weighted by Crippen LogP contribution is 2.26. The number of hydrogen-bond donors (Lipinski definition) is 1. The summed E-state index contributed by atoms with van der Waals surface area (Å²) in [6.45, 7) is 2.38. The number of fused-ring (bicyclic) bond motifs is 1. The zero-order valence-corrected chi connectivity index (χ0v) is 15.7. The Bertz CT molecular complexity index is 1140. The van der Waals surface area contributed by atoms with Crippen molar-refractivity contribution in [2.24, 2.45) is 0 Å². The van der Waals surface area contributed by atoms with Crippen molar-refractivity contribution in [3.8, 4) is 5.75 Å². The predicted molar refractivity (Wildman–Crippen MR) is 111 cm³/mol. The van der Waals surface area contributed by atoms with Crippen molar-refractivity contribution < 1.29 is 19.1 Å². The molecule has 4 amide bonds. The van der Waals surface area contributed by atoms with Crippen LogP contribution in [0.5, 0.6) is 5.75 Å². The van der Waals surface area contributed by atoms with E-state index in [9.17, 15) is 14.4 Å². The Morgan fingerprint density at radius 1 is 0.931 bits per heavy atom. The lowest BCUT2D eigenvalue weighted by molar-refractivity contribution is -0.122. The van der Waals surface area contributed by atoms with E-state index < -0.39 is 17.8 Å². The Kier molecular flexibility index (Phi) is 4.83. The Morgan fingerprint density at radius 2 is 1.66 bits per heavy atom. The maximum absolute atomic E-state index is 13.0. The van der Waals surface area contributed by atoms with Crippen LogP contribution in [0, 0.1) is 0 Å². The molecule has 0 bridgehead atoms. The van der Waals surface area contributed by atoms with Gasteiger partial charge in [0.15, 0.2) is 0 Å². The number of hydrogen-bond acceptors (Lipinski definition) is 4. The Morgan fingerprint density at radius 3 is 2.41 bits per heavy atom. The molecule has 1 fully saturated rings. The molecule has 1 aliphatic rings. The largest absolute Gasteiger partial charge is 0.494 e. The number of imide groups is 2. The highest BCUT2D eigenvalue weighted by Gasteiger charge is 2.36. The molecule has 0 atom stereocenters. The van der Waals surface area contributed by atoms with E-state index in [1.807, 2.05) is 49.4 Å². The third-order valence-electron chi connectivity index (χ3n) is 4.63. The highest BCUT2D eigenvalue weighted by atomic mass is 16.5. The number of nitrogens with one attached hydrogen (secondary N) is 1. The first kappa shape index (κ1) is 18.4. The first-order chi connectivity index (χ1) is 14.1. The summed E-state index contributed by atoms with van der Waals surface area (Å²) in [4.78, 5) is 38.8. The SMILES string of the molecule is CCOc1ccc(N2C(=O)NC(=O)C(=Cc3cccc4ccccc34)C2=O)cc1. The van der Waals surface area contributed by atoms with Gasteiger partial charge in [0, 0.05) is 0 Å². The van der Waals surface area contributed by atoms with Gasteiger partial charge in [0.2, 0.25) is 0 Å². The number of carbonyl (C=O) groups is 3. The second-order valence-corrected chi connectivity index (χ2v) is 6.45. The molecule has 144 valence electrons. The third kappa shape index (κ3) is 3.48. The molecule has 0 unspecified atom stereocenters. The molecular weight excluding hydrogens is 368 g/mol. The molecule has 29 heavy (non-hydrogen) atoms. The first-order valence-electron chi connectivity index (χ1n) is 9.20. The molecular formula is C23H18N2O4. The van der Waals surface area contributed by atoms with Crippen molar-refractivity contribution in [3.05, 3.63) is 77.9 Å². The first-order valence-corrected chi connectivity index (χ1v) is 9.20. The molecule has 1 saturated heterocycles. The monoisotopic (exact) mass is 386 g/mol. The van der Waals surface area contributed by atoms with Crippen LogP contribution in [-0.2, 0) is 9.59 Å². The lowest BCUT2D eigenvalue weighted by atomic mass is 10.0. The maximum Gasteiger partial charge on any atom is 0.335 e. The average Bonchev–Trinajstić information content (AvgIpc) is 2.72. The standard InChI is InChI=1S/C23H18N2O4/c1-2-29-18-12-10-17(11-13-18)25-22(27)20(21(26)24-23(25)28)14-16-8-5-7-15-6-3-4-9-19(15)16/h3-14H,2H2,1H3,(H,24,26,28). The van der Waals surface area contributed by atoms with Gasteiger partial charge in [0.25, 0.3) is 11.8 Å². The van der Waals surface area contributed by atoms with E-state index in [0.717, 1.165) is 21.2 Å². The Hall–Kier alpha value is -3.93. The minimum atomic E-state index is -0.778. The number of anilines is 1. The van der Waals surface area contributed by atoms with Crippen LogP contribution in [0.15, 0.2) is 72.3 Å². The molecule has 0 spiro atoms. The quantitative estimate of drug-likeness (QED) is 0.545. The summed E-state index contributed by atoms with van der Waals surface area (Å²) in [6, 6.07) is 19.1. The normalized spacial score (nSPS) is 15.7. The molecule has 0 radical (unpaired) electrons. The molecule has 3 aromatic rings. The summed E-state index contributed by atoms with van der Waals surface area (Å²) in [7, 11) is 0. The smallest absolute Gasteiger partial charge is 0.335 e. The number of rotatable bonds is 4. The van der Waals surface area contributed by atoms with Gasteiger partial charge in [-0.3, -0.25) is 14.9 Å². The van der Waals surface area contributed by atoms with Crippen LogP contribution >= 0.6 is 0 Å². The zero-order valence-electron chi connectivity index (χ0n) is 15.7. The van der Waals surface area contributed by atoms with Crippen molar-refractivity contribution in [1.82, 2.24) is 5.32 Å². The molecule has 3 aromatic carbocycles. The minimum absolute atomic E-state index is 0.102. The van der Waals surface area contributed by atoms with Crippen LogP contribution in [0.25, 0.3) is 16.8 Å². The molecule has 0 aliphatic carbocycles. The molecule has 0 saturated carbocycles. The van der Waals surface area contributed by atoms with Gasteiger partial charge >= 0.3 is 6.03 Å². The lowest BCUT2D eigenvalue weighted by Crippen LogP contribution is -2.54. The van der Waals surface area contributed by atoms with Crippen LogP contribution in [0.4, 0.5) is 10.5 Å². The number of urea groups is 1. The topological polar surface area (TPSA) is 75.7 Å². The Balaban J connectivity index is 1.74. The van der Waals surface area contributed by atoms with Crippen molar-refractivity contribution in [3.63, 3.8) is 0 Å². The fourth-order valence-corrected chi connectivity index (χ4v) is 3.28. The molecule has 1 heterocycles. The Labute approximate surface area is 167 Å². The summed E-state index contributed by atoms with van der Waals surface area (Å²) in [5, 5.41) is 4.14. The van der Waals surface area contributed by atoms with E-state index >= 15 is 0 Å². The van der Waals surface area contributed by atoms with Crippen LogP contribution in [0.1, 0.15) is 12.5 Å². The highest BCUT2D eigenvalue weighted by molar-refractivity contribution is 6.39. The number of barbiturate groups is 1. The van der Waals surface area contributed by atoms with Crippen molar-refractivity contribution in [1.29, 1.82) is 0 Å². The number of benzene rings is 3. The van der Waals surface area contributed by atoms with Gasteiger partial charge in [-0.1, -0.05) is 42.5 Å². The van der Waals surface area contributed by atoms with Gasteiger partial charge in [-0.25, -0.2) is 9.69 Å². The van der Waals surface area contributed by atoms with Crippen molar-refractivity contribution in [2.75, 3.05) is 11.5 Å². The minimum Gasteiger partial charge on any atom is -0.494 e. The maximum atomic E-state index is 13.0. The number of carbonyl (C=O) groups excluding carboxylic acids is 3. The van der Waals surface area contributed by atoms with Crippen molar-refractivity contribution in [2.45, 2.75) is 6.92 Å².